The fourth-order valence-electron chi connectivity index (χ4n) is 2.33. The molecule has 2 rings (SSSR count). The number of imide groups is 2. The zero-order valence-corrected chi connectivity index (χ0v) is 13.1. The van der Waals surface area contributed by atoms with Crippen LogP contribution in [-0.4, -0.2) is 33.6 Å². The number of hydrogen-bond donors (Lipinski definition) is 0. The summed E-state index contributed by atoms with van der Waals surface area (Å²) >= 11 is 3.34. The summed E-state index contributed by atoms with van der Waals surface area (Å²) in [7, 11) is 0. The number of amides is 4. The second-order valence-corrected chi connectivity index (χ2v) is 5.53. The molecule has 1 fully saturated rings. The smallest absolute Gasteiger partial charge is 0.256 e. The topological polar surface area (TPSA) is 74.8 Å². The van der Waals surface area contributed by atoms with Crippen molar-refractivity contribution in [2.75, 3.05) is 0 Å². The zero-order chi connectivity index (χ0) is 15.7. The Hall–Kier alpha value is -2.02. The predicted octanol–water partition coefficient (Wildman–Crippen LogP) is 1.60. The molecule has 0 N–H and O–H groups in total. The second-order valence-electron chi connectivity index (χ2n) is 4.67. The van der Waals surface area contributed by atoms with Crippen LogP contribution in [0.5, 0.6) is 0 Å². The second kappa shape index (κ2) is 5.77. The Morgan fingerprint density at radius 2 is 1.76 bits per heavy atom. The van der Waals surface area contributed by atoms with Gasteiger partial charge in [0.05, 0.1) is 5.92 Å². The summed E-state index contributed by atoms with van der Waals surface area (Å²) in [5, 5.41) is 1.23. The van der Waals surface area contributed by atoms with E-state index in [1.807, 2.05) is 0 Å². The molecule has 1 aromatic rings. The van der Waals surface area contributed by atoms with Crippen LogP contribution in [0, 0.1) is 0 Å². The van der Waals surface area contributed by atoms with Crippen molar-refractivity contribution < 1.29 is 19.2 Å². The molecule has 0 saturated carbocycles. The lowest BCUT2D eigenvalue weighted by Crippen LogP contribution is -2.51. The maximum atomic E-state index is 12.5. The number of halogens is 1. The highest BCUT2D eigenvalue weighted by Crippen LogP contribution is 2.34. The van der Waals surface area contributed by atoms with Crippen LogP contribution in [0.1, 0.15) is 31.7 Å². The fourth-order valence-corrected chi connectivity index (χ4v) is 2.89. The molecule has 1 aromatic carbocycles. The summed E-state index contributed by atoms with van der Waals surface area (Å²) in [6, 6.07) is 7.05. The van der Waals surface area contributed by atoms with E-state index in [2.05, 4.69) is 15.9 Å². The van der Waals surface area contributed by atoms with Crippen molar-refractivity contribution in [2.24, 2.45) is 0 Å². The number of carbonyl (C=O) groups is 4. The van der Waals surface area contributed by atoms with Gasteiger partial charge < -0.3 is 0 Å². The molecule has 0 aromatic heterocycles. The first-order valence-corrected chi connectivity index (χ1v) is 7.06. The monoisotopic (exact) mass is 352 g/mol. The van der Waals surface area contributed by atoms with Gasteiger partial charge in [0.1, 0.15) is 0 Å². The molecule has 21 heavy (non-hydrogen) atoms. The van der Waals surface area contributed by atoms with E-state index in [4.69, 9.17) is 0 Å². The summed E-state index contributed by atoms with van der Waals surface area (Å²) < 4.78 is 0.704. The van der Waals surface area contributed by atoms with Crippen LogP contribution < -0.4 is 0 Å². The Balaban J connectivity index is 2.39. The molecule has 1 aliphatic heterocycles. The normalized spacial score (nSPS) is 18.0. The van der Waals surface area contributed by atoms with Gasteiger partial charge in [-0.1, -0.05) is 34.1 Å². The van der Waals surface area contributed by atoms with Crippen molar-refractivity contribution in [2.45, 2.75) is 26.2 Å². The molecule has 110 valence electrons. The van der Waals surface area contributed by atoms with Crippen LogP contribution >= 0.6 is 15.9 Å². The predicted molar refractivity (Wildman–Crippen MR) is 76.6 cm³/mol. The minimum absolute atomic E-state index is 0.0709. The summed E-state index contributed by atoms with van der Waals surface area (Å²) in [5.74, 6) is -3.17. The first-order valence-electron chi connectivity index (χ1n) is 6.27. The van der Waals surface area contributed by atoms with E-state index in [9.17, 15) is 19.2 Å². The third-order valence-corrected chi connectivity index (χ3v) is 3.92. The van der Waals surface area contributed by atoms with Gasteiger partial charge in [0, 0.05) is 24.7 Å². The van der Waals surface area contributed by atoms with E-state index in [0.29, 0.717) is 20.1 Å². The van der Waals surface area contributed by atoms with Crippen molar-refractivity contribution in [3.63, 3.8) is 0 Å². The molecule has 0 aliphatic carbocycles. The highest BCUT2D eigenvalue weighted by atomic mass is 79.9. The lowest BCUT2D eigenvalue weighted by Gasteiger charge is -2.26. The molecule has 7 heteroatoms. The molecule has 0 spiro atoms. The summed E-state index contributed by atoms with van der Waals surface area (Å²) in [6.07, 6.45) is -0.0709. The van der Waals surface area contributed by atoms with Crippen LogP contribution in [0.25, 0.3) is 0 Å². The fraction of sp³-hybridized carbons (Fsp3) is 0.286. The Morgan fingerprint density at radius 1 is 1.19 bits per heavy atom. The zero-order valence-electron chi connectivity index (χ0n) is 11.5. The van der Waals surface area contributed by atoms with Crippen LogP contribution in [0.2, 0.25) is 0 Å². The first-order chi connectivity index (χ1) is 9.84. The number of nitrogens with zero attached hydrogens (tertiary/aromatic N) is 2. The van der Waals surface area contributed by atoms with E-state index in [-0.39, 0.29) is 6.42 Å². The summed E-state index contributed by atoms with van der Waals surface area (Å²) in [5.41, 5.74) is 0.658. The van der Waals surface area contributed by atoms with Crippen molar-refractivity contribution in [3.8, 4) is 0 Å². The molecule has 6 nitrogen and oxygen atoms in total. The first kappa shape index (κ1) is 15.4. The molecule has 4 amide bonds. The average Bonchev–Trinajstić information content (AvgIpc) is 2.67. The van der Waals surface area contributed by atoms with Crippen molar-refractivity contribution in [3.05, 3.63) is 34.3 Å². The van der Waals surface area contributed by atoms with Gasteiger partial charge in [0.2, 0.25) is 17.7 Å². The highest BCUT2D eigenvalue weighted by molar-refractivity contribution is 9.10. The van der Waals surface area contributed by atoms with E-state index in [1.54, 1.807) is 24.3 Å². The molecule has 1 saturated heterocycles. The van der Waals surface area contributed by atoms with E-state index < -0.39 is 29.5 Å². The average molecular weight is 353 g/mol. The molecule has 1 atom stereocenters. The SMILES string of the molecule is CC(=O)N(C(C)=O)N1C(=O)CC(c2ccccc2Br)C1=O. The molecule has 1 unspecified atom stereocenters. The molecule has 1 aliphatic rings. The van der Waals surface area contributed by atoms with Crippen molar-refractivity contribution in [1.29, 1.82) is 0 Å². The Kier molecular flexibility index (Phi) is 4.22. The molecule has 0 radical (unpaired) electrons. The molecule has 1 heterocycles. The molecule has 0 bridgehead atoms. The van der Waals surface area contributed by atoms with E-state index in [1.165, 1.54) is 0 Å². The van der Waals surface area contributed by atoms with Gasteiger partial charge in [-0.3, -0.25) is 19.2 Å². The van der Waals surface area contributed by atoms with Gasteiger partial charge in [-0.05, 0) is 11.6 Å². The maximum absolute atomic E-state index is 12.5. The third-order valence-electron chi connectivity index (χ3n) is 3.20. The van der Waals surface area contributed by atoms with Crippen LogP contribution in [0.15, 0.2) is 28.7 Å². The molecular formula is C14H13BrN2O4. The van der Waals surface area contributed by atoms with Gasteiger partial charge >= 0.3 is 0 Å². The Bertz CT molecular complexity index is 630. The largest absolute Gasteiger partial charge is 0.273 e. The Morgan fingerprint density at radius 3 is 2.29 bits per heavy atom. The standard InChI is InChI=1S/C14H13BrN2O4/c1-8(18)16(9(2)19)17-13(20)7-11(14(17)21)10-5-3-4-6-12(10)15/h3-6,11H,7H2,1-2H3. The number of rotatable bonds is 2. The maximum Gasteiger partial charge on any atom is 0.256 e. The number of hydrazine groups is 1. The van der Waals surface area contributed by atoms with Gasteiger partial charge in [-0.15, -0.1) is 0 Å². The highest BCUT2D eigenvalue weighted by Gasteiger charge is 2.45. The minimum Gasteiger partial charge on any atom is -0.273 e. The van der Waals surface area contributed by atoms with Crippen LogP contribution in [0.3, 0.4) is 0 Å². The van der Waals surface area contributed by atoms with Gasteiger partial charge in [0.15, 0.2) is 0 Å². The lowest BCUT2D eigenvalue weighted by atomic mass is 9.98. The van der Waals surface area contributed by atoms with E-state index >= 15 is 0 Å². The minimum atomic E-state index is -0.700. The van der Waals surface area contributed by atoms with Gasteiger partial charge in [-0.25, -0.2) is 0 Å². The number of hydrogen-bond acceptors (Lipinski definition) is 4. The van der Waals surface area contributed by atoms with Gasteiger partial charge in [0.25, 0.3) is 5.91 Å². The van der Waals surface area contributed by atoms with Crippen molar-refractivity contribution >= 4 is 39.6 Å². The van der Waals surface area contributed by atoms with E-state index in [0.717, 1.165) is 13.8 Å². The Labute approximate surface area is 129 Å². The summed E-state index contributed by atoms with van der Waals surface area (Å²) in [4.78, 5) is 47.6. The molecular weight excluding hydrogens is 340 g/mol. The van der Waals surface area contributed by atoms with Crippen LogP contribution in [-0.2, 0) is 19.2 Å². The van der Waals surface area contributed by atoms with Crippen molar-refractivity contribution in [1.82, 2.24) is 10.0 Å². The van der Waals surface area contributed by atoms with Gasteiger partial charge in [-0.2, -0.15) is 10.0 Å². The lowest BCUT2D eigenvalue weighted by molar-refractivity contribution is -0.174. The number of carbonyl (C=O) groups excluding carboxylic acids is 4. The van der Waals surface area contributed by atoms with Crippen LogP contribution in [0.4, 0.5) is 0 Å². The quantitative estimate of drug-likeness (QED) is 0.757. The third kappa shape index (κ3) is 2.73. The number of benzene rings is 1. The summed E-state index contributed by atoms with van der Waals surface area (Å²) in [6.45, 7) is 2.27.